The molecular formula is C22H29OP. The summed E-state index contributed by atoms with van der Waals surface area (Å²) in [5.74, 6) is 1.17. The lowest BCUT2D eigenvalue weighted by Crippen LogP contribution is -2.11. The van der Waals surface area contributed by atoms with E-state index in [2.05, 4.69) is 53.7 Å². The van der Waals surface area contributed by atoms with Gasteiger partial charge in [-0.3, -0.25) is 4.79 Å². The summed E-state index contributed by atoms with van der Waals surface area (Å²) in [6.45, 7) is 13.2. The summed E-state index contributed by atoms with van der Waals surface area (Å²) in [7, 11) is 0.186. The second kappa shape index (κ2) is 8.08. The van der Waals surface area contributed by atoms with Gasteiger partial charge < -0.3 is 0 Å². The fourth-order valence-electron chi connectivity index (χ4n) is 2.93. The van der Waals surface area contributed by atoms with Crippen LogP contribution in [-0.2, 0) is 0 Å². The van der Waals surface area contributed by atoms with E-state index in [4.69, 9.17) is 0 Å². The van der Waals surface area contributed by atoms with Crippen molar-refractivity contribution in [3.63, 3.8) is 0 Å². The van der Waals surface area contributed by atoms with Gasteiger partial charge in [0.25, 0.3) is 0 Å². The van der Waals surface area contributed by atoms with Crippen LogP contribution in [-0.4, -0.2) is 5.52 Å². The third-order valence-corrected chi connectivity index (χ3v) is 5.49. The molecule has 0 N–H and O–H groups in total. The van der Waals surface area contributed by atoms with Crippen LogP contribution in [0, 0.1) is 0 Å². The van der Waals surface area contributed by atoms with E-state index >= 15 is 0 Å². The van der Waals surface area contributed by atoms with E-state index in [1.807, 2.05) is 30.3 Å². The zero-order valence-corrected chi connectivity index (χ0v) is 16.7. The topological polar surface area (TPSA) is 17.1 Å². The van der Waals surface area contributed by atoms with Gasteiger partial charge in [0.15, 0.2) is 5.52 Å². The standard InChI is InChI=1S/C22H29OP/c1-14(2)17-12-19(15(3)4)21(20(13-17)16(5)6)22(23)24-18-10-8-7-9-11-18/h7-16,24H,1-6H3. The van der Waals surface area contributed by atoms with Gasteiger partial charge in [-0.25, -0.2) is 0 Å². The molecule has 0 aromatic heterocycles. The molecule has 1 atom stereocenters. The Bertz CT molecular complexity index is 670. The van der Waals surface area contributed by atoms with Crippen LogP contribution in [0.4, 0.5) is 0 Å². The van der Waals surface area contributed by atoms with Crippen molar-refractivity contribution in [3.05, 3.63) is 64.7 Å². The van der Waals surface area contributed by atoms with Gasteiger partial charge in [-0.15, -0.1) is 0 Å². The van der Waals surface area contributed by atoms with Crippen molar-refractivity contribution in [2.45, 2.75) is 59.3 Å². The first-order chi connectivity index (χ1) is 11.3. The van der Waals surface area contributed by atoms with Crippen LogP contribution in [0.15, 0.2) is 42.5 Å². The Hall–Kier alpha value is -1.46. The van der Waals surface area contributed by atoms with Crippen molar-refractivity contribution in [1.29, 1.82) is 0 Å². The average molecular weight is 340 g/mol. The third kappa shape index (κ3) is 4.33. The van der Waals surface area contributed by atoms with Gasteiger partial charge in [0.1, 0.15) is 0 Å². The number of carbonyl (C=O) groups excluding carboxylic acids is 1. The highest BCUT2D eigenvalue weighted by Crippen LogP contribution is 2.35. The molecule has 2 aromatic carbocycles. The maximum absolute atomic E-state index is 13.2. The Morgan fingerprint density at radius 2 is 1.29 bits per heavy atom. The van der Waals surface area contributed by atoms with E-state index in [1.54, 1.807) is 0 Å². The fraction of sp³-hybridized carbons (Fsp3) is 0.409. The number of rotatable bonds is 6. The molecule has 128 valence electrons. The summed E-state index contributed by atoms with van der Waals surface area (Å²) in [5, 5.41) is 1.11. The first-order valence-corrected chi connectivity index (χ1v) is 9.85. The maximum Gasteiger partial charge on any atom is 0.186 e. The SMILES string of the molecule is CC(C)c1cc(C(C)C)c(C(=O)Pc2ccccc2)c(C(C)C)c1. The molecule has 0 aliphatic rings. The summed E-state index contributed by atoms with van der Waals surface area (Å²) in [6, 6.07) is 14.6. The number of carbonyl (C=O) groups is 1. The molecular weight excluding hydrogens is 311 g/mol. The fourth-order valence-corrected chi connectivity index (χ4v) is 3.97. The highest BCUT2D eigenvalue weighted by molar-refractivity contribution is 7.66. The molecule has 0 saturated carbocycles. The number of hydrogen-bond donors (Lipinski definition) is 0. The summed E-state index contributed by atoms with van der Waals surface area (Å²) in [6.07, 6.45) is 0. The summed E-state index contributed by atoms with van der Waals surface area (Å²) in [4.78, 5) is 13.2. The van der Waals surface area contributed by atoms with Crippen molar-refractivity contribution in [3.8, 4) is 0 Å². The molecule has 24 heavy (non-hydrogen) atoms. The van der Waals surface area contributed by atoms with Gasteiger partial charge >= 0.3 is 0 Å². The molecule has 1 nitrogen and oxygen atoms in total. The van der Waals surface area contributed by atoms with E-state index < -0.39 is 0 Å². The zero-order valence-electron chi connectivity index (χ0n) is 15.7. The van der Waals surface area contributed by atoms with Gasteiger partial charge in [-0.2, -0.15) is 0 Å². The lowest BCUT2D eigenvalue weighted by Gasteiger charge is -2.22. The monoisotopic (exact) mass is 340 g/mol. The molecule has 0 bridgehead atoms. The van der Waals surface area contributed by atoms with Crippen LogP contribution in [0.5, 0.6) is 0 Å². The minimum Gasteiger partial charge on any atom is -0.289 e. The molecule has 0 heterocycles. The van der Waals surface area contributed by atoms with E-state index in [0.717, 1.165) is 10.9 Å². The Balaban J connectivity index is 2.55. The maximum atomic E-state index is 13.2. The highest BCUT2D eigenvalue weighted by atomic mass is 31.1. The lowest BCUT2D eigenvalue weighted by molar-refractivity contribution is 0.108. The van der Waals surface area contributed by atoms with Crippen LogP contribution < -0.4 is 5.30 Å². The molecule has 0 fully saturated rings. The van der Waals surface area contributed by atoms with E-state index in [9.17, 15) is 4.79 Å². The molecule has 0 aliphatic carbocycles. The molecule has 2 heteroatoms. The Kier molecular flexibility index (Phi) is 6.35. The molecule has 0 spiro atoms. The quantitative estimate of drug-likeness (QED) is 0.572. The van der Waals surface area contributed by atoms with Crippen molar-refractivity contribution in [2.75, 3.05) is 0 Å². The van der Waals surface area contributed by atoms with Crippen molar-refractivity contribution < 1.29 is 4.79 Å². The third-order valence-electron chi connectivity index (χ3n) is 4.39. The van der Waals surface area contributed by atoms with Crippen molar-refractivity contribution in [2.24, 2.45) is 0 Å². The first kappa shape index (κ1) is 18.9. The normalized spacial score (nSPS) is 12.0. The van der Waals surface area contributed by atoms with Crippen LogP contribution in [0.1, 0.15) is 86.3 Å². The number of benzene rings is 2. The summed E-state index contributed by atoms with van der Waals surface area (Å²) < 4.78 is 0. The molecule has 2 rings (SSSR count). The second-order valence-electron chi connectivity index (χ2n) is 7.36. The van der Waals surface area contributed by atoms with Crippen LogP contribution in [0.3, 0.4) is 0 Å². The second-order valence-corrected chi connectivity index (χ2v) is 8.64. The first-order valence-electron chi connectivity index (χ1n) is 8.85. The largest absolute Gasteiger partial charge is 0.289 e. The van der Waals surface area contributed by atoms with Gasteiger partial charge in [0.05, 0.1) is 0 Å². The van der Waals surface area contributed by atoms with Gasteiger partial charge in [-0.05, 0) is 48.3 Å². The Morgan fingerprint density at radius 3 is 1.71 bits per heavy atom. The summed E-state index contributed by atoms with van der Waals surface area (Å²) >= 11 is 0. The van der Waals surface area contributed by atoms with Gasteiger partial charge in [0, 0.05) is 5.56 Å². The Morgan fingerprint density at radius 1 is 0.792 bits per heavy atom. The van der Waals surface area contributed by atoms with E-state index in [0.29, 0.717) is 17.8 Å². The molecule has 0 saturated heterocycles. The van der Waals surface area contributed by atoms with E-state index in [-0.39, 0.29) is 14.1 Å². The van der Waals surface area contributed by atoms with Crippen LogP contribution in [0.25, 0.3) is 0 Å². The summed E-state index contributed by atoms with van der Waals surface area (Å²) in [5.41, 5.74) is 4.98. The molecule has 0 aliphatic heterocycles. The van der Waals surface area contributed by atoms with Crippen molar-refractivity contribution >= 4 is 19.4 Å². The molecule has 0 radical (unpaired) electrons. The van der Waals surface area contributed by atoms with Crippen LogP contribution >= 0.6 is 8.58 Å². The van der Waals surface area contributed by atoms with E-state index in [1.165, 1.54) is 16.7 Å². The minimum absolute atomic E-state index is 0.186. The lowest BCUT2D eigenvalue weighted by atomic mass is 9.85. The van der Waals surface area contributed by atoms with Gasteiger partial charge in [-0.1, -0.05) is 84.0 Å². The predicted octanol–water partition coefficient (Wildman–Crippen LogP) is 6.20. The molecule has 1 unspecified atom stereocenters. The zero-order chi connectivity index (χ0) is 17.9. The smallest absolute Gasteiger partial charge is 0.186 e. The molecule has 0 amide bonds. The Labute approximate surface area is 148 Å². The molecule has 2 aromatic rings. The number of hydrogen-bond acceptors (Lipinski definition) is 1. The minimum atomic E-state index is 0.186. The average Bonchev–Trinajstić information content (AvgIpc) is 2.54. The predicted molar refractivity (Wildman–Crippen MR) is 107 cm³/mol. The van der Waals surface area contributed by atoms with Gasteiger partial charge in [0.2, 0.25) is 0 Å². The highest BCUT2D eigenvalue weighted by Gasteiger charge is 2.22. The van der Waals surface area contributed by atoms with Crippen molar-refractivity contribution in [1.82, 2.24) is 0 Å². The van der Waals surface area contributed by atoms with Crippen LogP contribution in [0.2, 0.25) is 0 Å².